The molecule has 1 atom stereocenters. The molecule has 0 fully saturated rings. The fraction of sp³-hybridized carbons (Fsp3) is 0.150. The van der Waals surface area contributed by atoms with Gasteiger partial charge < -0.3 is 5.32 Å². The summed E-state index contributed by atoms with van der Waals surface area (Å²) in [4.78, 5) is 13.6. The molecular weight excluding hydrogens is 458 g/mol. The van der Waals surface area contributed by atoms with Crippen LogP contribution >= 0.6 is 35.0 Å². The number of carbonyl (C=O) groups excluding carboxylic acids is 1. The first-order valence-corrected chi connectivity index (χ1v) is 10.2. The molecule has 4 nitrogen and oxygen atoms in total. The summed E-state index contributed by atoms with van der Waals surface area (Å²) in [5.74, 6) is -0.476. The lowest BCUT2D eigenvalue weighted by Gasteiger charge is -2.16. The Labute approximate surface area is 184 Å². The van der Waals surface area contributed by atoms with Crippen molar-refractivity contribution in [1.29, 1.82) is 0 Å². The fourth-order valence-corrected chi connectivity index (χ4v) is 3.64. The minimum absolute atomic E-state index is 0.0442. The highest BCUT2D eigenvalue weighted by atomic mass is 35.5. The van der Waals surface area contributed by atoms with E-state index in [0.29, 0.717) is 15.6 Å². The van der Waals surface area contributed by atoms with Crippen LogP contribution in [0.4, 0.5) is 13.2 Å². The molecule has 3 rings (SSSR count). The third-order valence-electron chi connectivity index (χ3n) is 4.09. The number of carbonyl (C=O) groups is 1. The third kappa shape index (κ3) is 5.65. The van der Waals surface area contributed by atoms with E-state index in [1.54, 1.807) is 31.2 Å². The van der Waals surface area contributed by atoms with Gasteiger partial charge >= 0.3 is 6.18 Å². The predicted molar refractivity (Wildman–Crippen MR) is 110 cm³/mol. The van der Waals surface area contributed by atoms with Gasteiger partial charge in [0.2, 0.25) is 0 Å². The van der Waals surface area contributed by atoms with E-state index >= 15 is 0 Å². The van der Waals surface area contributed by atoms with E-state index in [9.17, 15) is 18.0 Å². The number of hydrogen-bond donors (Lipinski definition) is 1. The molecule has 30 heavy (non-hydrogen) atoms. The molecule has 3 aromatic rings. The number of rotatable bonds is 5. The van der Waals surface area contributed by atoms with Crippen molar-refractivity contribution in [3.05, 3.63) is 81.5 Å². The maximum Gasteiger partial charge on any atom is 0.416 e. The largest absolute Gasteiger partial charge is 0.416 e. The number of alkyl halides is 3. The average Bonchev–Trinajstić information content (AvgIpc) is 2.70. The van der Waals surface area contributed by atoms with Gasteiger partial charge in [0.25, 0.3) is 5.91 Å². The minimum atomic E-state index is -4.42. The number of nitrogens with one attached hydrogen (secondary N) is 1. The molecule has 2 aromatic carbocycles. The van der Waals surface area contributed by atoms with E-state index < -0.39 is 23.7 Å². The predicted octanol–water partition coefficient (Wildman–Crippen LogP) is 6.44. The van der Waals surface area contributed by atoms with Crippen LogP contribution in [0, 0.1) is 0 Å². The molecule has 0 aliphatic carbocycles. The first kappa shape index (κ1) is 22.4. The van der Waals surface area contributed by atoms with Gasteiger partial charge in [-0.2, -0.15) is 13.2 Å². The molecule has 1 unspecified atom stereocenters. The van der Waals surface area contributed by atoms with Crippen molar-refractivity contribution in [3.8, 4) is 0 Å². The normalized spacial score (nSPS) is 12.5. The van der Waals surface area contributed by atoms with Gasteiger partial charge in [0, 0.05) is 9.92 Å². The number of nitrogens with zero attached hydrogens (tertiary/aromatic N) is 2. The molecule has 0 spiro atoms. The summed E-state index contributed by atoms with van der Waals surface area (Å²) in [7, 11) is 0. The van der Waals surface area contributed by atoms with Crippen molar-refractivity contribution in [2.45, 2.75) is 29.1 Å². The molecule has 10 heteroatoms. The molecule has 1 aromatic heterocycles. The lowest BCUT2D eigenvalue weighted by molar-refractivity contribution is -0.137. The number of hydrogen-bond acceptors (Lipinski definition) is 4. The highest BCUT2D eigenvalue weighted by molar-refractivity contribution is 7.99. The minimum Gasteiger partial charge on any atom is -0.345 e. The van der Waals surface area contributed by atoms with Crippen molar-refractivity contribution in [2.75, 3.05) is 0 Å². The Morgan fingerprint density at radius 3 is 2.27 bits per heavy atom. The van der Waals surface area contributed by atoms with E-state index in [1.165, 1.54) is 30.0 Å². The van der Waals surface area contributed by atoms with Crippen LogP contribution in [0.5, 0.6) is 0 Å². The van der Waals surface area contributed by atoms with Crippen molar-refractivity contribution in [1.82, 2.24) is 15.5 Å². The summed E-state index contributed by atoms with van der Waals surface area (Å²) < 4.78 is 38.2. The van der Waals surface area contributed by atoms with E-state index in [1.807, 2.05) is 0 Å². The van der Waals surface area contributed by atoms with Gasteiger partial charge in [-0.1, -0.05) is 47.1 Å². The zero-order chi connectivity index (χ0) is 21.9. The SMILES string of the molecule is CC(NC(=O)c1cc(Cl)nnc1Sc1ccc(Cl)cc1)c1ccc(C(F)(F)F)cc1. The van der Waals surface area contributed by atoms with E-state index in [0.717, 1.165) is 17.0 Å². The van der Waals surface area contributed by atoms with Crippen LogP contribution in [0.25, 0.3) is 0 Å². The number of benzene rings is 2. The molecule has 0 radical (unpaired) electrons. The molecule has 0 saturated carbocycles. The van der Waals surface area contributed by atoms with Crippen LogP contribution < -0.4 is 5.32 Å². The maximum atomic E-state index is 12.8. The summed E-state index contributed by atoms with van der Waals surface area (Å²) in [6, 6.07) is 12.4. The Hall–Kier alpha value is -2.29. The standard InChI is InChI=1S/C20H14Cl2F3N3OS/c1-11(12-2-4-13(5-3-12)20(23,24)25)26-18(29)16-10-17(22)27-28-19(16)30-15-8-6-14(21)7-9-15/h2-11H,1H3,(H,26,29). The maximum absolute atomic E-state index is 12.8. The topological polar surface area (TPSA) is 54.9 Å². The summed E-state index contributed by atoms with van der Waals surface area (Å²) in [5.41, 5.74) is -0.0263. The van der Waals surface area contributed by atoms with E-state index in [-0.39, 0.29) is 10.7 Å². The zero-order valence-corrected chi connectivity index (χ0v) is 17.7. The van der Waals surface area contributed by atoms with Gasteiger partial charge in [-0.25, -0.2) is 0 Å². The highest BCUT2D eigenvalue weighted by Gasteiger charge is 2.30. The Bertz CT molecular complexity index is 1040. The van der Waals surface area contributed by atoms with Crippen molar-refractivity contribution in [2.24, 2.45) is 0 Å². The van der Waals surface area contributed by atoms with Crippen LogP contribution in [0.15, 0.2) is 64.5 Å². The van der Waals surface area contributed by atoms with Crippen LogP contribution in [-0.4, -0.2) is 16.1 Å². The summed E-state index contributed by atoms with van der Waals surface area (Å²) >= 11 is 13.0. The summed E-state index contributed by atoms with van der Waals surface area (Å²) in [6.07, 6.45) is -4.42. The van der Waals surface area contributed by atoms with Crippen LogP contribution in [0.1, 0.15) is 34.5 Å². The Balaban J connectivity index is 1.79. The Kier molecular flexibility index (Phi) is 6.90. The number of amides is 1. The number of halogens is 5. The third-order valence-corrected chi connectivity index (χ3v) is 5.53. The van der Waals surface area contributed by atoms with Crippen LogP contribution in [-0.2, 0) is 6.18 Å². The molecular formula is C20H14Cl2F3N3OS. The first-order valence-electron chi connectivity index (χ1n) is 8.58. The second-order valence-electron chi connectivity index (χ2n) is 6.26. The van der Waals surface area contributed by atoms with Crippen molar-refractivity contribution < 1.29 is 18.0 Å². The molecule has 1 heterocycles. The average molecular weight is 472 g/mol. The Morgan fingerprint density at radius 2 is 1.67 bits per heavy atom. The van der Waals surface area contributed by atoms with Crippen molar-refractivity contribution >= 4 is 40.9 Å². The molecule has 0 saturated heterocycles. The van der Waals surface area contributed by atoms with Gasteiger partial charge in [-0.3, -0.25) is 4.79 Å². The van der Waals surface area contributed by atoms with Gasteiger partial charge in [0.15, 0.2) is 5.15 Å². The molecule has 0 bridgehead atoms. The van der Waals surface area contributed by atoms with E-state index in [4.69, 9.17) is 23.2 Å². The Morgan fingerprint density at radius 1 is 1.03 bits per heavy atom. The second-order valence-corrected chi connectivity index (χ2v) is 8.14. The molecule has 1 amide bonds. The highest BCUT2D eigenvalue weighted by Crippen LogP contribution is 2.31. The second kappa shape index (κ2) is 9.24. The molecule has 156 valence electrons. The zero-order valence-electron chi connectivity index (χ0n) is 15.4. The number of aromatic nitrogens is 2. The van der Waals surface area contributed by atoms with Crippen LogP contribution in [0.2, 0.25) is 10.2 Å². The van der Waals surface area contributed by atoms with Gasteiger partial charge in [-0.05, 0) is 55.0 Å². The lowest BCUT2D eigenvalue weighted by atomic mass is 10.1. The molecule has 0 aliphatic heterocycles. The summed E-state index contributed by atoms with van der Waals surface area (Å²) in [6.45, 7) is 1.67. The summed E-state index contributed by atoms with van der Waals surface area (Å²) in [5, 5.41) is 11.5. The monoisotopic (exact) mass is 471 g/mol. The van der Waals surface area contributed by atoms with Gasteiger partial charge in [0.1, 0.15) is 5.03 Å². The smallest absolute Gasteiger partial charge is 0.345 e. The quantitative estimate of drug-likeness (QED) is 0.464. The fourth-order valence-electron chi connectivity index (χ4n) is 2.53. The van der Waals surface area contributed by atoms with Crippen LogP contribution in [0.3, 0.4) is 0 Å². The molecule has 0 aliphatic rings. The van der Waals surface area contributed by atoms with Gasteiger partial charge in [0.05, 0.1) is 17.2 Å². The van der Waals surface area contributed by atoms with Crippen molar-refractivity contribution in [3.63, 3.8) is 0 Å². The van der Waals surface area contributed by atoms with E-state index in [2.05, 4.69) is 15.5 Å². The first-order chi connectivity index (χ1) is 14.1. The van der Waals surface area contributed by atoms with Gasteiger partial charge in [-0.15, -0.1) is 10.2 Å². The molecule has 1 N–H and O–H groups in total. The lowest BCUT2D eigenvalue weighted by Crippen LogP contribution is -2.27.